The van der Waals surface area contributed by atoms with Gasteiger partial charge in [-0.05, 0) is 70.4 Å². The second-order valence-corrected chi connectivity index (χ2v) is 13.8. The molecule has 2 heterocycles. The van der Waals surface area contributed by atoms with Gasteiger partial charge in [0, 0.05) is 44.2 Å². The lowest BCUT2D eigenvalue weighted by Gasteiger charge is -2.29. The van der Waals surface area contributed by atoms with Crippen LogP contribution in [0.5, 0.6) is 0 Å². The minimum Gasteiger partial charge on any atom is -0.310 e. The zero-order chi connectivity index (χ0) is 36.6. The van der Waals surface area contributed by atoms with Gasteiger partial charge in [-0.3, -0.25) is 0 Å². The monoisotopic (exact) mass is 701 g/mol. The van der Waals surface area contributed by atoms with Crippen molar-refractivity contribution in [3.63, 3.8) is 0 Å². The largest absolute Gasteiger partial charge is 0.310 e. The van der Waals surface area contributed by atoms with Crippen molar-refractivity contribution in [2.24, 2.45) is 0 Å². The summed E-state index contributed by atoms with van der Waals surface area (Å²) in [6.45, 7) is 0. The van der Waals surface area contributed by atoms with Crippen molar-refractivity contribution < 1.29 is 0 Å². The Hall–Kier alpha value is -7.36. The molecule has 0 bridgehead atoms. The van der Waals surface area contributed by atoms with E-state index < -0.39 is 0 Å². The molecule has 0 saturated carbocycles. The Morgan fingerprint density at radius 2 is 0.891 bits per heavy atom. The van der Waals surface area contributed by atoms with E-state index in [1.807, 2.05) is 0 Å². The molecular weight excluding hydrogens is 667 g/mol. The number of benzene rings is 8. The lowest BCUT2D eigenvalue weighted by atomic mass is 9.90. The van der Waals surface area contributed by atoms with Crippen molar-refractivity contribution in [2.75, 3.05) is 4.90 Å². The van der Waals surface area contributed by atoms with Crippen LogP contribution >= 0.6 is 0 Å². The normalized spacial score (nSPS) is 11.3. The first-order chi connectivity index (χ1) is 27.3. The van der Waals surface area contributed by atoms with Gasteiger partial charge in [0.1, 0.15) is 0 Å². The Bertz CT molecular complexity index is 2850. The highest BCUT2D eigenvalue weighted by molar-refractivity contribution is 6.29. The molecule has 10 rings (SSSR count). The van der Waals surface area contributed by atoms with Gasteiger partial charge < -0.3 is 4.90 Å². The van der Waals surface area contributed by atoms with E-state index in [0.29, 0.717) is 0 Å². The lowest BCUT2D eigenvalue weighted by Crippen LogP contribution is -2.11. The fraction of sp³-hybridized carbons (Fsp3) is 0. The van der Waals surface area contributed by atoms with Gasteiger partial charge in [0.2, 0.25) is 0 Å². The van der Waals surface area contributed by atoms with E-state index >= 15 is 0 Å². The number of fused-ring (bicyclic) bond motifs is 5. The number of anilines is 3. The van der Waals surface area contributed by atoms with Crippen LogP contribution in [0, 0.1) is 0 Å². The Balaban J connectivity index is 1.38. The fourth-order valence-electron chi connectivity index (χ4n) is 7.90. The average molecular weight is 702 g/mol. The molecule has 0 spiro atoms. The molecule has 0 N–H and O–H groups in total. The second-order valence-electron chi connectivity index (χ2n) is 13.8. The first kappa shape index (κ1) is 32.3. The van der Waals surface area contributed by atoms with Crippen LogP contribution in [0.15, 0.2) is 212 Å². The average Bonchev–Trinajstić information content (AvgIpc) is 3.27. The summed E-state index contributed by atoms with van der Waals surface area (Å²) in [5, 5.41) is 5.63. The summed E-state index contributed by atoms with van der Waals surface area (Å²) in [5.41, 5.74) is 12.3. The minimum absolute atomic E-state index is 0.902. The number of hydrogen-bond acceptors (Lipinski definition) is 3. The molecule has 0 radical (unpaired) electrons. The zero-order valence-corrected chi connectivity index (χ0v) is 30.0. The Morgan fingerprint density at radius 3 is 1.55 bits per heavy atom. The predicted molar refractivity (Wildman–Crippen MR) is 231 cm³/mol. The molecule has 0 unspecified atom stereocenters. The minimum atomic E-state index is 0.902. The molecule has 0 atom stereocenters. The number of nitrogens with zero attached hydrogens (tertiary/aromatic N) is 3. The van der Waals surface area contributed by atoms with E-state index in [0.717, 1.165) is 89.0 Å². The maximum Gasteiger partial charge on any atom is 0.0809 e. The Labute approximate surface area is 320 Å². The van der Waals surface area contributed by atoms with Crippen LogP contribution < -0.4 is 4.90 Å². The van der Waals surface area contributed by atoms with E-state index in [-0.39, 0.29) is 0 Å². The third-order valence-electron chi connectivity index (χ3n) is 10.4. The number of pyridine rings is 2. The van der Waals surface area contributed by atoms with E-state index in [1.165, 1.54) is 5.39 Å². The molecule has 3 nitrogen and oxygen atoms in total. The van der Waals surface area contributed by atoms with Crippen LogP contribution in [-0.4, -0.2) is 9.97 Å². The van der Waals surface area contributed by atoms with E-state index in [4.69, 9.17) is 9.97 Å². The van der Waals surface area contributed by atoms with E-state index in [1.54, 1.807) is 0 Å². The van der Waals surface area contributed by atoms with Gasteiger partial charge in [-0.2, -0.15) is 0 Å². The van der Waals surface area contributed by atoms with Gasteiger partial charge in [-0.25, -0.2) is 9.97 Å². The molecule has 8 aromatic carbocycles. The summed E-state index contributed by atoms with van der Waals surface area (Å²) in [6.07, 6.45) is 0. The summed E-state index contributed by atoms with van der Waals surface area (Å²) < 4.78 is 0. The molecule has 258 valence electrons. The van der Waals surface area contributed by atoms with Gasteiger partial charge in [-0.1, -0.05) is 164 Å². The fourth-order valence-corrected chi connectivity index (χ4v) is 7.90. The van der Waals surface area contributed by atoms with Crippen molar-refractivity contribution in [3.8, 4) is 44.9 Å². The molecule has 0 saturated heterocycles. The number of para-hydroxylation sites is 2. The predicted octanol–water partition coefficient (Wildman–Crippen LogP) is 14.1. The maximum atomic E-state index is 5.60. The van der Waals surface area contributed by atoms with Crippen LogP contribution in [0.25, 0.3) is 77.3 Å². The second kappa shape index (κ2) is 13.9. The zero-order valence-electron chi connectivity index (χ0n) is 30.0. The van der Waals surface area contributed by atoms with Crippen LogP contribution in [0.3, 0.4) is 0 Å². The highest BCUT2D eigenvalue weighted by Crippen LogP contribution is 2.48. The Kier molecular flexibility index (Phi) is 8.16. The summed E-state index contributed by atoms with van der Waals surface area (Å²) in [4.78, 5) is 13.4. The van der Waals surface area contributed by atoms with Gasteiger partial charge in [0.15, 0.2) is 0 Å². The Morgan fingerprint density at radius 1 is 0.345 bits per heavy atom. The topological polar surface area (TPSA) is 29.0 Å². The first-order valence-corrected chi connectivity index (χ1v) is 18.7. The molecule has 55 heavy (non-hydrogen) atoms. The van der Waals surface area contributed by atoms with Crippen LogP contribution in [0.4, 0.5) is 17.1 Å². The molecule has 2 aromatic heterocycles. The van der Waals surface area contributed by atoms with E-state index in [2.05, 4.69) is 217 Å². The molecule has 0 fully saturated rings. The van der Waals surface area contributed by atoms with Crippen molar-refractivity contribution in [2.45, 2.75) is 0 Å². The molecule has 0 aliphatic rings. The summed E-state index contributed by atoms with van der Waals surface area (Å²) >= 11 is 0. The van der Waals surface area contributed by atoms with Gasteiger partial charge >= 0.3 is 0 Å². The maximum absolute atomic E-state index is 5.60. The van der Waals surface area contributed by atoms with Crippen molar-refractivity contribution in [1.82, 2.24) is 9.97 Å². The van der Waals surface area contributed by atoms with Crippen LogP contribution in [0.2, 0.25) is 0 Å². The number of hydrogen-bond donors (Lipinski definition) is 0. The third-order valence-corrected chi connectivity index (χ3v) is 10.4. The highest BCUT2D eigenvalue weighted by Gasteiger charge is 2.24. The quantitative estimate of drug-likeness (QED) is 0.155. The number of aromatic nitrogens is 2. The molecule has 0 aliphatic carbocycles. The summed E-state index contributed by atoms with van der Waals surface area (Å²) in [7, 11) is 0. The molecule has 10 aromatic rings. The van der Waals surface area contributed by atoms with Gasteiger partial charge in [0.25, 0.3) is 0 Å². The first-order valence-electron chi connectivity index (χ1n) is 18.7. The smallest absolute Gasteiger partial charge is 0.0809 e. The van der Waals surface area contributed by atoms with Crippen molar-refractivity contribution in [3.05, 3.63) is 212 Å². The van der Waals surface area contributed by atoms with Crippen LogP contribution in [0.1, 0.15) is 0 Å². The van der Waals surface area contributed by atoms with E-state index in [9.17, 15) is 0 Å². The van der Waals surface area contributed by atoms with Crippen molar-refractivity contribution >= 4 is 49.5 Å². The lowest BCUT2D eigenvalue weighted by molar-refractivity contribution is 1.30. The van der Waals surface area contributed by atoms with Gasteiger partial charge in [0.05, 0.1) is 28.3 Å². The highest BCUT2D eigenvalue weighted by atomic mass is 15.1. The molecular formula is C52H35N3. The standard InChI is InChI=1S/C52H35N3/c1-6-19-36(20-7-1)40-33-46(37-21-8-2-9-22-37)53-47(34-40)44-31-18-32-45-49(44)50-43-30-17-16-25-39(43)35-48(51(50)52(54-45)38-23-10-3-11-24-38)55(41-26-12-4-13-27-41)42-28-14-5-15-29-42/h1-35H. The number of rotatable bonds is 7. The van der Waals surface area contributed by atoms with Crippen LogP contribution in [-0.2, 0) is 0 Å². The van der Waals surface area contributed by atoms with Gasteiger partial charge in [-0.15, -0.1) is 0 Å². The summed E-state index contributed by atoms with van der Waals surface area (Å²) in [6, 6.07) is 75.0. The molecule has 3 heteroatoms. The summed E-state index contributed by atoms with van der Waals surface area (Å²) in [5.74, 6) is 0. The third kappa shape index (κ3) is 5.89. The SMILES string of the molecule is c1ccc(-c2cc(-c3ccccc3)nc(-c3cccc4nc(-c5ccccc5)c5c(N(c6ccccc6)c6ccccc6)cc6ccccc6c5c34)c2)cc1. The van der Waals surface area contributed by atoms with Crippen molar-refractivity contribution in [1.29, 1.82) is 0 Å². The molecule has 0 aliphatic heterocycles. The molecule has 0 amide bonds.